The summed E-state index contributed by atoms with van der Waals surface area (Å²) in [7, 11) is -10.7. The van der Waals surface area contributed by atoms with Crippen molar-refractivity contribution in [2.24, 2.45) is 13.1 Å². The number of rotatable bonds is 9. The lowest BCUT2D eigenvalue weighted by Gasteiger charge is -2.16. The van der Waals surface area contributed by atoms with Crippen LogP contribution in [0.3, 0.4) is 0 Å². The third kappa shape index (κ3) is 12.4. The fraction of sp³-hybridized carbons (Fsp3) is 0.222. The number of ether oxygens (including phenoxy) is 3. The van der Waals surface area contributed by atoms with Crippen LogP contribution in [0.2, 0.25) is 0 Å². The molecule has 0 bridgehead atoms. The lowest BCUT2D eigenvalue weighted by atomic mass is 10.1. The van der Waals surface area contributed by atoms with Gasteiger partial charge >= 0.3 is 17.8 Å². The molecule has 0 aromatic heterocycles. The van der Waals surface area contributed by atoms with Crippen LogP contribution in [0.5, 0.6) is 34.5 Å². The molecule has 6 aromatic rings. The van der Waals surface area contributed by atoms with Crippen molar-refractivity contribution < 1.29 is 94.8 Å². The van der Waals surface area contributed by atoms with Crippen molar-refractivity contribution in [1.29, 1.82) is 15.8 Å². The smallest absolute Gasteiger partial charge is 0.312 e. The van der Waals surface area contributed by atoms with Crippen molar-refractivity contribution in [2.75, 3.05) is 18.8 Å². The van der Waals surface area contributed by atoms with Crippen molar-refractivity contribution in [1.82, 2.24) is 0 Å². The Bertz CT molecular complexity index is 4080. The van der Waals surface area contributed by atoms with Gasteiger partial charge in [-0.3, -0.25) is 0 Å². The first-order chi connectivity index (χ1) is 40.6. The lowest BCUT2D eigenvalue weighted by Crippen LogP contribution is -2.24. The van der Waals surface area contributed by atoms with Gasteiger partial charge in [0.25, 0.3) is 0 Å². The summed E-state index contributed by atoms with van der Waals surface area (Å²) in [6.45, 7) is 20.8. The van der Waals surface area contributed by atoms with Crippen LogP contribution in [0.25, 0.3) is 14.5 Å². The van der Waals surface area contributed by atoms with Crippen LogP contribution >= 0.6 is 0 Å². The molecule has 0 saturated carbocycles. The predicted octanol–water partition coefficient (Wildman–Crippen LogP) is 14.4. The molecule has 9 atom stereocenters. The van der Waals surface area contributed by atoms with E-state index >= 15 is 0 Å². The largest absolute Gasteiger partial charge is 0.458 e. The van der Waals surface area contributed by atoms with Gasteiger partial charge in [-0.05, 0) is 72.8 Å². The molecule has 0 saturated heterocycles. The van der Waals surface area contributed by atoms with Gasteiger partial charge in [-0.1, -0.05) is 0 Å². The van der Waals surface area contributed by atoms with Crippen LogP contribution in [0.4, 0.5) is 69.7 Å². The summed E-state index contributed by atoms with van der Waals surface area (Å²) in [5, 5.41) is 56.1. The van der Waals surface area contributed by atoms with Crippen molar-refractivity contribution in [2.45, 2.75) is 69.3 Å². The van der Waals surface area contributed by atoms with Gasteiger partial charge in [0, 0.05) is 70.3 Å². The molecule has 0 fully saturated rings. The number of fused-ring (bicyclic) bond motifs is 3. The van der Waals surface area contributed by atoms with Gasteiger partial charge in [-0.15, -0.1) is 13.1 Å². The van der Waals surface area contributed by atoms with Crippen molar-refractivity contribution in [3.8, 4) is 53.1 Å². The van der Waals surface area contributed by atoms with E-state index in [0.29, 0.717) is 0 Å². The number of nitriles is 3. The standard InChI is InChI=1S/3C18H11F4N3O3S/c3*1-24-10-5-9(19)6-11(7-10)28-12-3-4-13(29(2,27)25-8-23)15-14(12)16(20)18(21,22)17(15)26/h3*3-7,16-17,26H,2H3/t2*16-,17+,29?;16-,17-,29?/m110/s1. The van der Waals surface area contributed by atoms with E-state index in [2.05, 4.69) is 27.6 Å². The molecule has 3 aliphatic carbocycles. The van der Waals surface area contributed by atoms with Crippen LogP contribution in [0.1, 0.15) is 70.2 Å². The topological polar surface area (TPSA) is 261 Å². The molecule has 0 aliphatic heterocycles. The minimum Gasteiger partial charge on any atom is -0.458 e. The summed E-state index contributed by atoms with van der Waals surface area (Å²) >= 11 is 0. The Morgan fingerprint density at radius 1 is 0.448 bits per heavy atom. The number of hydrogen-bond donors (Lipinski definition) is 3. The van der Waals surface area contributed by atoms with Gasteiger partial charge in [0.1, 0.15) is 70.3 Å². The molecule has 0 spiro atoms. The molecule has 3 N–H and O–H groups in total. The first-order valence-corrected chi connectivity index (χ1v) is 29.3. The number of nitrogens with zero attached hydrogens (tertiary/aromatic N) is 9. The molecule has 18 nitrogen and oxygen atoms in total. The van der Waals surface area contributed by atoms with E-state index in [0.717, 1.165) is 110 Å². The van der Waals surface area contributed by atoms with Gasteiger partial charge < -0.3 is 29.5 Å². The van der Waals surface area contributed by atoms with Gasteiger partial charge in [0.05, 0.1) is 63.6 Å². The van der Waals surface area contributed by atoms with E-state index in [9.17, 15) is 80.6 Å². The van der Waals surface area contributed by atoms with E-state index in [1.807, 2.05) is 0 Å². The third-order valence-electron chi connectivity index (χ3n) is 12.8. The highest BCUT2D eigenvalue weighted by Crippen LogP contribution is 2.60. The van der Waals surface area contributed by atoms with Crippen LogP contribution in [-0.4, -0.2) is 64.5 Å². The van der Waals surface area contributed by atoms with Crippen molar-refractivity contribution in [3.05, 3.63) is 176 Å². The highest BCUT2D eigenvalue weighted by atomic mass is 32.2. The second kappa shape index (κ2) is 24.1. The molecule has 3 unspecified atom stereocenters. The average molecular weight is 1280 g/mol. The molecule has 3 aliphatic rings. The summed E-state index contributed by atoms with van der Waals surface area (Å²) in [5.41, 5.74) is -4.86. The zero-order valence-corrected chi connectivity index (χ0v) is 46.2. The quantitative estimate of drug-likeness (QED) is 0.0693. The normalized spacial score (nSPS) is 21.4. The molecule has 9 rings (SSSR count). The minimum atomic E-state index is -4.26. The van der Waals surface area contributed by atoms with Gasteiger partial charge in [0.15, 0.2) is 35.6 Å². The highest BCUT2D eigenvalue weighted by molar-refractivity contribution is 7.93. The number of hydrogen-bond acceptors (Lipinski definition) is 15. The maximum atomic E-state index is 14.6. The van der Waals surface area contributed by atoms with Gasteiger partial charge in [-0.2, -0.15) is 42.1 Å². The summed E-state index contributed by atoms with van der Waals surface area (Å²) in [4.78, 5) is 7.81. The Morgan fingerprint density at radius 2 is 0.678 bits per heavy atom. The fourth-order valence-electron chi connectivity index (χ4n) is 9.02. The Morgan fingerprint density at radius 3 is 0.885 bits per heavy atom. The van der Waals surface area contributed by atoms with E-state index < -0.39 is 167 Å². The summed E-state index contributed by atoms with van der Waals surface area (Å²) in [6.07, 6.45) is -10.2. The number of alkyl halides is 9. The van der Waals surface area contributed by atoms with Crippen molar-refractivity contribution >= 4 is 46.2 Å². The zero-order chi connectivity index (χ0) is 64.7. The SMILES string of the molecule is [C-]#[N+]c1cc(F)cc(Oc2ccc(S(C)(=O)=NC#N)c3c2[C@@H](F)C(F)(F)[C@H]3O)c1.[C-]#[N+]c1cc(F)cc(Oc2ccc(S(C)(=O)=NC#N)c3c2[C@@H](F)C(F)(F)[C@H]3O)c1.[C-]#[N+]c1cc(F)cc(Oc2ccc(S(C)(=O)=NC#N)c3c2[C@H](F)C(F)(F)[C@H]3O)c1. The number of benzene rings is 6. The molecule has 87 heavy (non-hydrogen) atoms. The van der Waals surface area contributed by atoms with E-state index in [1.165, 1.54) is 18.6 Å². The number of aliphatic hydroxyl groups is 3. The van der Waals surface area contributed by atoms with Crippen LogP contribution in [0.15, 0.2) is 119 Å². The predicted molar refractivity (Wildman–Crippen MR) is 280 cm³/mol. The Balaban J connectivity index is 0.000000186. The Labute approximate surface area is 485 Å². The Hall–Kier alpha value is -9.45. The summed E-state index contributed by atoms with van der Waals surface area (Å²) in [5.74, 6) is -17.5. The van der Waals surface area contributed by atoms with Crippen LogP contribution in [-0.2, 0) is 29.2 Å². The second-order valence-corrected chi connectivity index (χ2v) is 25.2. The molecule has 450 valence electrons. The van der Waals surface area contributed by atoms with Crippen LogP contribution in [0, 0.1) is 71.5 Å². The summed E-state index contributed by atoms with van der Waals surface area (Å²) in [6, 6.07) is 14.7. The summed E-state index contributed by atoms with van der Waals surface area (Å²) < 4.78 is 233. The van der Waals surface area contributed by atoms with Gasteiger partial charge in [-0.25, -0.2) is 53.5 Å². The Kier molecular flexibility index (Phi) is 18.1. The second-order valence-electron chi connectivity index (χ2n) is 18.5. The fourth-order valence-corrected chi connectivity index (χ4v) is 12.6. The highest BCUT2D eigenvalue weighted by Gasteiger charge is 2.61. The molecular formula is C54H33F12N9O9S3. The number of halogens is 12. The molecule has 0 heterocycles. The van der Waals surface area contributed by atoms with E-state index in [-0.39, 0.29) is 34.3 Å². The third-order valence-corrected chi connectivity index (χ3v) is 17.6. The van der Waals surface area contributed by atoms with Gasteiger partial charge in [0.2, 0.25) is 18.6 Å². The van der Waals surface area contributed by atoms with E-state index in [1.54, 1.807) is 0 Å². The molecular weight excluding hydrogens is 1240 g/mol. The maximum absolute atomic E-state index is 14.6. The lowest BCUT2D eigenvalue weighted by molar-refractivity contribution is -0.144. The maximum Gasteiger partial charge on any atom is 0.312 e. The average Bonchev–Trinajstić information content (AvgIpc) is 1.62. The van der Waals surface area contributed by atoms with Crippen LogP contribution < -0.4 is 14.2 Å². The minimum absolute atomic E-state index is 0.139. The van der Waals surface area contributed by atoms with E-state index in [4.69, 9.17) is 49.7 Å². The zero-order valence-electron chi connectivity index (χ0n) is 43.7. The molecule has 6 aromatic carbocycles. The number of aliphatic hydroxyl groups excluding tert-OH is 3. The molecule has 0 amide bonds. The molecule has 0 radical (unpaired) electrons. The van der Waals surface area contributed by atoms with Crippen molar-refractivity contribution in [3.63, 3.8) is 0 Å². The monoisotopic (exact) mass is 1280 g/mol. The molecule has 33 heteroatoms. The first kappa shape index (κ1) is 65.1. The first-order valence-electron chi connectivity index (χ1n) is 23.6.